The van der Waals surface area contributed by atoms with Crippen LogP contribution >= 0.6 is 0 Å². The van der Waals surface area contributed by atoms with E-state index in [2.05, 4.69) is 19.9 Å². The van der Waals surface area contributed by atoms with Crippen LogP contribution in [0.25, 0.3) is 22.9 Å². The van der Waals surface area contributed by atoms with Gasteiger partial charge in [-0.1, -0.05) is 0 Å². The first-order valence-corrected chi connectivity index (χ1v) is 5.91. The van der Waals surface area contributed by atoms with Gasteiger partial charge in [-0.3, -0.25) is 0 Å². The lowest BCUT2D eigenvalue weighted by Gasteiger charge is -2.02. The van der Waals surface area contributed by atoms with Crippen LogP contribution in [0.4, 0.5) is 0 Å². The van der Waals surface area contributed by atoms with Crippen molar-refractivity contribution in [3.63, 3.8) is 0 Å². The van der Waals surface area contributed by atoms with E-state index in [1.807, 2.05) is 0 Å². The molecule has 4 rings (SSSR count). The largest absolute Gasteiger partial charge is 0.458 e. The summed E-state index contributed by atoms with van der Waals surface area (Å²) in [5, 5.41) is 0. The number of nitrogens with zero attached hydrogens (tertiary/aromatic N) is 4. The molecule has 8 nitrogen and oxygen atoms in total. The Morgan fingerprint density at radius 2 is 1.57 bits per heavy atom. The number of hydrogen-bond acceptors (Lipinski definition) is 8. The van der Waals surface area contributed by atoms with Gasteiger partial charge in [0.05, 0.1) is 24.8 Å². The van der Waals surface area contributed by atoms with Crippen molar-refractivity contribution >= 4 is 5.97 Å². The molecule has 102 valence electrons. The number of hydrogen-bond donors (Lipinski definition) is 0. The number of esters is 1. The second kappa shape index (κ2) is 4.37. The second-order valence-corrected chi connectivity index (χ2v) is 4.05. The summed E-state index contributed by atoms with van der Waals surface area (Å²) in [7, 11) is 0. The zero-order valence-electron chi connectivity index (χ0n) is 10.4. The number of carbonyl (C=O) groups excluding carboxylic acids is 1. The maximum Gasteiger partial charge on any atom is 0.367 e. The zero-order valence-corrected chi connectivity index (χ0v) is 10.4. The van der Waals surface area contributed by atoms with Gasteiger partial charge in [0.2, 0.25) is 5.76 Å². The molecule has 0 fully saturated rings. The summed E-state index contributed by atoms with van der Waals surface area (Å²) in [5.74, 6) is -0.130. The van der Waals surface area contributed by atoms with Gasteiger partial charge in [-0.25, -0.2) is 24.7 Å². The second-order valence-electron chi connectivity index (χ2n) is 4.05. The normalized spacial score (nSPS) is 11.0. The van der Waals surface area contributed by atoms with Crippen LogP contribution in [0, 0.1) is 0 Å². The molecule has 0 saturated carbocycles. The van der Waals surface area contributed by atoms with Gasteiger partial charge in [-0.05, 0) is 0 Å². The first-order chi connectivity index (χ1) is 10.3. The maximum absolute atomic E-state index is 12.2. The van der Waals surface area contributed by atoms with Crippen LogP contribution in [0.15, 0.2) is 46.1 Å². The Kier molecular flexibility index (Phi) is 2.40. The highest BCUT2D eigenvalue weighted by Crippen LogP contribution is 2.30. The predicted molar refractivity (Wildman–Crippen MR) is 66.8 cm³/mol. The van der Waals surface area contributed by atoms with Gasteiger partial charge in [0, 0.05) is 0 Å². The summed E-state index contributed by atoms with van der Waals surface area (Å²) in [5.41, 5.74) is 0.987. The third kappa shape index (κ3) is 1.81. The highest BCUT2D eigenvalue weighted by atomic mass is 16.5. The minimum Gasteiger partial charge on any atom is -0.458 e. The lowest BCUT2D eigenvalue weighted by Crippen LogP contribution is -2.10. The molecule has 4 heterocycles. The molecule has 0 amide bonds. The molecule has 0 N–H and O–H groups in total. The van der Waals surface area contributed by atoms with Crippen molar-refractivity contribution in [2.24, 2.45) is 0 Å². The fourth-order valence-corrected chi connectivity index (χ4v) is 1.89. The van der Waals surface area contributed by atoms with Gasteiger partial charge >= 0.3 is 5.97 Å². The van der Waals surface area contributed by atoms with Gasteiger partial charge < -0.3 is 13.6 Å². The van der Waals surface area contributed by atoms with Crippen molar-refractivity contribution in [1.29, 1.82) is 0 Å². The van der Waals surface area contributed by atoms with E-state index in [0.29, 0.717) is 11.4 Å². The quantitative estimate of drug-likeness (QED) is 0.513. The Balaban J connectivity index is 1.67. The van der Waals surface area contributed by atoms with E-state index >= 15 is 0 Å². The van der Waals surface area contributed by atoms with Crippen molar-refractivity contribution < 1.29 is 18.4 Å². The highest BCUT2D eigenvalue weighted by Gasteiger charge is 2.26. The Bertz CT molecular complexity index is 868. The molecule has 21 heavy (non-hydrogen) atoms. The summed E-state index contributed by atoms with van der Waals surface area (Å²) in [4.78, 5) is 28.1. The Labute approximate surface area is 117 Å². The van der Waals surface area contributed by atoms with E-state index < -0.39 is 5.97 Å². The number of aromatic nitrogens is 4. The Hall–Kier alpha value is -3.29. The molecule has 8 heteroatoms. The molecule has 0 saturated heterocycles. The van der Waals surface area contributed by atoms with E-state index in [9.17, 15) is 4.79 Å². The van der Waals surface area contributed by atoms with Crippen LogP contribution in [0.1, 0.15) is 10.5 Å². The number of rotatable bonds is 2. The molecule has 0 bridgehead atoms. The lowest BCUT2D eigenvalue weighted by molar-refractivity contribution is 0.0720. The van der Waals surface area contributed by atoms with E-state index in [1.165, 1.54) is 37.3 Å². The van der Waals surface area contributed by atoms with E-state index in [0.717, 1.165) is 0 Å². The molecule has 0 radical (unpaired) electrons. The monoisotopic (exact) mass is 282 g/mol. The minimum atomic E-state index is -0.708. The molecule has 0 aromatic heterocycles. The summed E-state index contributed by atoms with van der Waals surface area (Å²) in [6, 6.07) is 0. The van der Waals surface area contributed by atoms with Crippen LogP contribution in [0.3, 0.4) is 0 Å². The topological polar surface area (TPSA) is 104 Å². The fraction of sp³-hybridized carbons (Fsp3) is 0. The third-order valence-corrected chi connectivity index (χ3v) is 2.80. The van der Waals surface area contributed by atoms with Crippen LogP contribution in [-0.4, -0.2) is 25.9 Å². The van der Waals surface area contributed by atoms with Gasteiger partial charge in [0.1, 0.15) is 23.9 Å². The van der Waals surface area contributed by atoms with Gasteiger partial charge in [-0.15, -0.1) is 0 Å². The molecule has 0 aromatic rings. The standard InChI is InChI=1S/C13H6N4O4/c18-13(9-10-7(5-16-9)14-1-3-19-10)21-12-11-8(6-17-12)15-2-4-20-11/h1-6H. The van der Waals surface area contributed by atoms with E-state index in [-0.39, 0.29) is 23.1 Å². The maximum atomic E-state index is 12.2. The molecular weight excluding hydrogens is 276 g/mol. The highest BCUT2D eigenvalue weighted by molar-refractivity contribution is 5.95. The summed E-state index contributed by atoms with van der Waals surface area (Å²) in [6.07, 6.45) is 8.55. The smallest absolute Gasteiger partial charge is 0.367 e. The van der Waals surface area contributed by atoms with Crippen LogP contribution < -0.4 is 4.74 Å². The SMILES string of the molecule is O=C(Oc1ncc2nccoc1-2)c1ncc2nccoc1-2. The molecule has 4 aliphatic heterocycles. The summed E-state index contributed by atoms with van der Waals surface area (Å²) in [6.45, 7) is 0. The average Bonchev–Trinajstić information content (AvgIpc) is 3.12. The molecule has 4 aliphatic rings. The molecule has 0 aromatic carbocycles. The summed E-state index contributed by atoms with van der Waals surface area (Å²) >= 11 is 0. The number of ether oxygens (including phenoxy) is 1. The Morgan fingerprint density at radius 3 is 2.38 bits per heavy atom. The summed E-state index contributed by atoms with van der Waals surface area (Å²) < 4.78 is 15.6. The molecule has 0 spiro atoms. The predicted octanol–water partition coefficient (Wildman–Crippen LogP) is 1.88. The van der Waals surface area contributed by atoms with E-state index in [4.69, 9.17) is 13.6 Å². The lowest BCUT2D eigenvalue weighted by atomic mass is 10.3. The van der Waals surface area contributed by atoms with Crippen LogP contribution in [0.5, 0.6) is 5.88 Å². The van der Waals surface area contributed by atoms with Gasteiger partial charge in [-0.2, -0.15) is 0 Å². The van der Waals surface area contributed by atoms with E-state index in [1.54, 1.807) is 0 Å². The first-order valence-electron chi connectivity index (χ1n) is 5.91. The molecule has 0 atom stereocenters. The fourth-order valence-electron chi connectivity index (χ4n) is 1.89. The van der Waals surface area contributed by atoms with Gasteiger partial charge in [0.15, 0.2) is 11.5 Å². The first kappa shape index (κ1) is 11.5. The Morgan fingerprint density at radius 1 is 0.905 bits per heavy atom. The average molecular weight is 282 g/mol. The van der Waals surface area contributed by atoms with Crippen LogP contribution in [0.2, 0.25) is 0 Å². The van der Waals surface area contributed by atoms with Crippen molar-refractivity contribution in [2.75, 3.05) is 0 Å². The minimum absolute atomic E-state index is 0.0261. The number of fused-ring (bicyclic) bond motifs is 2. The number of carbonyl (C=O) groups is 1. The third-order valence-electron chi connectivity index (χ3n) is 2.80. The van der Waals surface area contributed by atoms with Gasteiger partial charge in [0.25, 0.3) is 5.88 Å². The van der Waals surface area contributed by atoms with Crippen molar-refractivity contribution in [1.82, 2.24) is 19.9 Å². The zero-order chi connectivity index (χ0) is 14.2. The van der Waals surface area contributed by atoms with Crippen molar-refractivity contribution in [3.8, 4) is 28.8 Å². The molecule has 0 aliphatic carbocycles. The van der Waals surface area contributed by atoms with Crippen molar-refractivity contribution in [2.45, 2.75) is 0 Å². The molecular formula is C13H6N4O4. The molecule has 0 unspecified atom stereocenters. The van der Waals surface area contributed by atoms with Crippen LogP contribution in [-0.2, 0) is 0 Å². The van der Waals surface area contributed by atoms with Crippen molar-refractivity contribution in [3.05, 3.63) is 43.0 Å².